The van der Waals surface area contributed by atoms with Gasteiger partial charge in [-0.05, 0) is 56.2 Å². The van der Waals surface area contributed by atoms with Crippen LogP contribution in [0.3, 0.4) is 0 Å². The number of carbonyl (C=O) groups is 2. The molecule has 2 N–H and O–H groups in total. The molecule has 0 aliphatic carbocycles. The van der Waals surface area contributed by atoms with E-state index in [1.807, 2.05) is 31.2 Å². The van der Waals surface area contributed by atoms with Gasteiger partial charge >= 0.3 is 0 Å². The highest BCUT2D eigenvalue weighted by Crippen LogP contribution is 2.46. The lowest BCUT2D eigenvalue weighted by molar-refractivity contribution is -0.123. The summed E-state index contributed by atoms with van der Waals surface area (Å²) in [7, 11) is 0. The molecule has 1 aliphatic heterocycles. The number of aromatic hydroxyl groups is 1. The Morgan fingerprint density at radius 1 is 1.03 bits per heavy atom. The van der Waals surface area contributed by atoms with Gasteiger partial charge in [-0.15, -0.1) is 0 Å². The number of Topliss-reactive ketones (excluding diaryl/α,β-unsaturated/α-hetero) is 1. The number of hydrogen-bond donors (Lipinski definition) is 2. The fraction of sp³-hybridized carbons (Fsp3) is 0.385. The number of aliphatic hydroxyl groups excluding tert-OH is 1. The van der Waals surface area contributed by atoms with E-state index in [9.17, 15) is 19.8 Å². The van der Waals surface area contributed by atoms with E-state index in [2.05, 4.69) is 18.7 Å². The van der Waals surface area contributed by atoms with E-state index in [1.165, 1.54) is 11.0 Å². The van der Waals surface area contributed by atoms with Crippen molar-refractivity contribution in [3.05, 3.63) is 64.9 Å². The molecule has 6 nitrogen and oxygen atoms in total. The maximum Gasteiger partial charge on any atom is 0.294 e. The summed E-state index contributed by atoms with van der Waals surface area (Å²) in [5, 5.41) is 21.4. The minimum absolute atomic E-state index is 0.0546. The van der Waals surface area contributed by atoms with Gasteiger partial charge in [0.1, 0.15) is 5.75 Å². The van der Waals surface area contributed by atoms with Crippen LogP contribution < -0.4 is 9.80 Å². The Morgan fingerprint density at radius 2 is 1.62 bits per heavy atom. The second-order valence-corrected chi connectivity index (χ2v) is 9.18. The molecule has 0 radical (unpaired) electrons. The van der Waals surface area contributed by atoms with E-state index in [4.69, 9.17) is 0 Å². The van der Waals surface area contributed by atoms with Crippen LogP contribution in [0.15, 0.2) is 53.8 Å². The molecule has 2 aromatic carbocycles. The second-order valence-electron chi connectivity index (χ2n) is 9.18. The number of anilines is 2. The van der Waals surface area contributed by atoms with Gasteiger partial charge in [-0.3, -0.25) is 14.5 Å². The van der Waals surface area contributed by atoms with Crippen molar-refractivity contribution in [2.24, 2.45) is 5.41 Å². The van der Waals surface area contributed by atoms with Crippen LogP contribution in [0, 0.1) is 12.3 Å². The number of hydrogen-bond acceptors (Lipinski definition) is 5. The number of ketones is 1. The highest BCUT2D eigenvalue weighted by atomic mass is 16.3. The Kier molecular flexibility index (Phi) is 6.35. The molecule has 0 saturated heterocycles. The van der Waals surface area contributed by atoms with Gasteiger partial charge in [0, 0.05) is 24.2 Å². The number of benzene rings is 2. The first-order valence-corrected chi connectivity index (χ1v) is 11.0. The van der Waals surface area contributed by atoms with E-state index in [0.29, 0.717) is 5.56 Å². The van der Waals surface area contributed by atoms with Gasteiger partial charge in [-0.1, -0.05) is 39.0 Å². The van der Waals surface area contributed by atoms with E-state index >= 15 is 0 Å². The SMILES string of the molecule is CCN(CC)c1ccc(C2C(C(=O)C(C)(C)C)=C(O)C(=O)N2c2cc(C)ccc2O)cc1. The number of aryl methyl sites for hydroxylation is 1. The van der Waals surface area contributed by atoms with Crippen molar-refractivity contribution in [1.29, 1.82) is 0 Å². The Hall–Kier alpha value is -3.28. The maximum absolute atomic E-state index is 13.3. The zero-order valence-corrected chi connectivity index (χ0v) is 19.6. The number of phenolic OH excluding ortho intramolecular Hbond substituents is 1. The average molecular weight is 437 g/mol. The lowest BCUT2D eigenvalue weighted by Gasteiger charge is -2.30. The molecular weight excluding hydrogens is 404 g/mol. The van der Waals surface area contributed by atoms with Crippen LogP contribution in [-0.4, -0.2) is 35.0 Å². The molecule has 1 heterocycles. The molecule has 0 spiro atoms. The monoisotopic (exact) mass is 436 g/mol. The summed E-state index contributed by atoms with van der Waals surface area (Å²) in [6.07, 6.45) is 0. The van der Waals surface area contributed by atoms with Gasteiger partial charge in [-0.25, -0.2) is 0 Å². The van der Waals surface area contributed by atoms with Gasteiger partial charge in [0.05, 0.1) is 17.3 Å². The quantitative estimate of drug-likeness (QED) is 0.661. The van der Waals surface area contributed by atoms with Crippen molar-refractivity contribution >= 4 is 23.1 Å². The van der Waals surface area contributed by atoms with Crippen LogP contribution in [0.5, 0.6) is 5.75 Å². The van der Waals surface area contributed by atoms with Gasteiger partial charge < -0.3 is 15.1 Å². The zero-order valence-electron chi connectivity index (χ0n) is 19.6. The third kappa shape index (κ3) is 4.09. The highest BCUT2D eigenvalue weighted by Gasteiger charge is 2.47. The predicted octanol–water partition coefficient (Wildman–Crippen LogP) is 5.06. The van der Waals surface area contributed by atoms with E-state index < -0.39 is 23.1 Å². The van der Waals surface area contributed by atoms with Crippen LogP contribution >= 0.6 is 0 Å². The summed E-state index contributed by atoms with van der Waals surface area (Å²) in [6.45, 7) is 13.0. The van der Waals surface area contributed by atoms with Crippen molar-refractivity contribution in [2.75, 3.05) is 22.9 Å². The molecule has 1 unspecified atom stereocenters. The van der Waals surface area contributed by atoms with E-state index in [-0.39, 0.29) is 22.8 Å². The van der Waals surface area contributed by atoms with Crippen LogP contribution in [-0.2, 0) is 9.59 Å². The highest BCUT2D eigenvalue weighted by molar-refractivity contribution is 6.17. The molecule has 0 bridgehead atoms. The molecule has 1 amide bonds. The number of amides is 1. The van der Waals surface area contributed by atoms with Gasteiger partial charge in [-0.2, -0.15) is 0 Å². The van der Waals surface area contributed by atoms with Gasteiger partial charge in [0.15, 0.2) is 11.5 Å². The number of rotatable bonds is 6. The standard InChI is InChI=1S/C26H32N2O4/c1-7-27(8-2)18-12-10-17(11-13-18)22-21(24(31)26(4,5)6)23(30)25(32)28(22)19-15-16(3)9-14-20(19)29/h9-15,22,29-30H,7-8H2,1-6H3. The second kappa shape index (κ2) is 8.69. The minimum atomic E-state index is -0.840. The number of phenols is 1. The third-order valence-corrected chi connectivity index (χ3v) is 5.86. The zero-order chi connectivity index (χ0) is 23.8. The van der Waals surface area contributed by atoms with Crippen molar-refractivity contribution in [2.45, 2.75) is 47.6 Å². The Labute approximate surface area is 189 Å². The van der Waals surface area contributed by atoms with E-state index in [0.717, 1.165) is 24.3 Å². The van der Waals surface area contributed by atoms with Crippen molar-refractivity contribution < 1.29 is 19.8 Å². The molecule has 0 fully saturated rings. The van der Waals surface area contributed by atoms with Crippen LogP contribution in [0.25, 0.3) is 0 Å². The number of carbonyl (C=O) groups excluding carboxylic acids is 2. The summed E-state index contributed by atoms with van der Waals surface area (Å²) in [5.74, 6) is -1.67. The molecule has 1 aliphatic rings. The summed E-state index contributed by atoms with van der Waals surface area (Å²) in [5.41, 5.74) is 2.08. The first-order valence-electron chi connectivity index (χ1n) is 11.0. The topological polar surface area (TPSA) is 81.1 Å². The van der Waals surface area contributed by atoms with Gasteiger partial charge in [0.2, 0.25) is 0 Å². The van der Waals surface area contributed by atoms with Crippen LogP contribution in [0.1, 0.15) is 51.8 Å². The molecule has 170 valence electrons. The lowest BCUT2D eigenvalue weighted by Crippen LogP contribution is -2.33. The lowest BCUT2D eigenvalue weighted by atomic mass is 9.82. The number of aliphatic hydroxyl groups is 1. The Balaban J connectivity index is 2.20. The molecule has 2 aromatic rings. The Bertz CT molecular complexity index is 1060. The molecule has 32 heavy (non-hydrogen) atoms. The summed E-state index contributed by atoms with van der Waals surface area (Å²) in [4.78, 5) is 30.1. The first kappa shape index (κ1) is 23.4. The molecule has 0 saturated carbocycles. The summed E-state index contributed by atoms with van der Waals surface area (Å²) >= 11 is 0. The summed E-state index contributed by atoms with van der Waals surface area (Å²) < 4.78 is 0. The van der Waals surface area contributed by atoms with Gasteiger partial charge in [0.25, 0.3) is 5.91 Å². The predicted molar refractivity (Wildman–Crippen MR) is 127 cm³/mol. The molecule has 6 heteroatoms. The fourth-order valence-corrected chi connectivity index (χ4v) is 4.09. The van der Waals surface area contributed by atoms with Crippen molar-refractivity contribution in [1.82, 2.24) is 0 Å². The molecule has 3 rings (SSSR count). The summed E-state index contributed by atoms with van der Waals surface area (Å²) in [6, 6.07) is 11.8. The molecule has 1 atom stereocenters. The van der Waals surface area contributed by atoms with Crippen molar-refractivity contribution in [3.8, 4) is 5.75 Å². The number of nitrogens with zero attached hydrogens (tertiary/aromatic N) is 2. The average Bonchev–Trinajstić information content (AvgIpc) is 3.00. The minimum Gasteiger partial charge on any atom is -0.506 e. The maximum atomic E-state index is 13.3. The Morgan fingerprint density at radius 3 is 2.16 bits per heavy atom. The smallest absolute Gasteiger partial charge is 0.294 e. The fourth-order valence-electron chi connectivity index (χ4n) is 4.09. The third-order valence-electron chi connectivity index (χ3n) is 5.86. The van der Waals surface area contributed by atoms with Crippen LogP contribution in [0.4, 0.5) is 11.4 Å². The largest absolute Gasteiger partial charge is 0.506 e. The van der Waals surface area contributed by atoms with Crippen LogP contribution in [0.2, 0.25) is 0 Å². The molecule has 0 aromatic heterocycles. The molecular formula is C26H32N2O4. The first-order chi connectivity index (χ1) is 15.0. The van der Waals surface area contributed by atoms with Crippen molar-refractivity contribution in [3.63, 3.8) is 0 Å². The normalized spacial score (nSPS) is 16.6. The van der Waals surface area contributed by atoms with E-state index in [1.54, 1.807) is 32.9 Å².